The van der Waals surface area contributed by atoms with E-state index >= 15 is 0 Å². The molecule has 0 amide bonds. The number of rotatable bonds is 8. The Morgan fingerprint density at radius 2 is 1.89 bits per heavy atom. The molecule has 1 aromatic heterocycles. The van der Waals surface area contributed by atoms with Crippen LogP contribution in [0.2, 0.25) is 0 Å². The molecule has 3 rings (SSSR count). The lowest BCUT2D eigenvalue weighted by Gasteiger charge is -2.35. The molecule has 146 valence electrons. The van der Waals surface area contributed by atoms with Gasteiger partial charge in [0.15, 0.2) is 0 Å². The van der Waals surface area contributed by atoms with Crippen LogP contribution in [0.4, 0.5) is 0 Å². The van der Waals surface area contributed by atoms with E-state index in [9.17, 15) is 0 Å². The molecule has 3 heteroatoms. The molecule has 0 bridgehead atoms. The Bertz CT molecular complexity index is 675. The van der Waals surface area contributed by atoms with Gasteiger partial charge in [-0.05, 0) is 67.4 Å². The summed E-state index contributed by atoms with van der Waals surface area (Å²) >= 11 is 0. The first-order valence-corrected chi connectivity index (χ1v) is 10.5. The lowest BCUT2D eigenvalue weighted by Crippen LogP contribution is -2.39. The van der Waals surface area contributed by atoms with Crippen molar-refractivity contribution in [2.75, 3.05) is 26.2 Å². The van der Waals surface area contributed by atoms with E-state index in [2.05, 4.69) is 65.9 Å². The van der Waals surface area contributed by atoms with Crippen molar-refractivity contribution in [3.05, 3.63) is 65.5 Å². The zero-order chi connectivity index (χ0) is 19.1. The van der Waals surface area contributed by atoms with Gasteiger partial charge in [0.05, 0.1) is 0 Å². The first-order valence-electron chi connectivity index (χ1n) is 10.5. The third kappa shape index (κ3) is 6.44. The lowest BCUT2D eigenvalue weighted by molar-refractivity contribution is 0.128. The molecule has 0 unspecified atom stereocenters. The van der Waals surface area contributed by atoms with Gasteiger partial charge in [0.1, 0.15) is 0 Å². The lowest BCUT2D eigenvalue weighted by atomic mass is 9.95. The third-order valence-electron chi connectivity index (χ3n) is 5.63. The Balaban J connectivity index is 1.50. The van der Waals surface area contributed by atoms with Crippen LogP contribution in [-0.2, 0) is 13.1 Å². The van der Waals surface area contributed by atoms with Crippen LogP contribution < -0.4 is 0 Å². The van der Waals surface area contributed by atoms with Gasteiger partial charge in [-0.2, -0.15) is 0 Å². The molecule has 27 heavy (non-hydrogen) atoms. The second-order valence-corrected chi connectivity index (χ2v) is 8.60. The van der Waals surface area contributed by atoms with Crippen molar-refractivity contribution in [3.63, 3.8) is 0 Å². The second-order valence-electron chi connectivity index (χ2n) is 8.60. The maximum Gasteiger partial charge on any atom is 0.0312 e. The molecule has 1 aromatic carbocycles. The van der Waals surface area contributed by atoms with Crippen LogP contribution in [0.3, 0.4) is 0 Å². The van der Waals surface area contributed by atoms with E-state index < -0.39 is 0 Å². The number of benzene rings is 1. The number of pyridine rings is 1. The van der Waals surface area contributed by atoms with E-state index in [0.29, 0.717) is 5.92 Å². The Morgan fingerprint density at radius 3 is 2.56 bits per heavy atom. The van der Waals surface area contributed by atoms with Crippen LogP contribution in [0.5, 0.6) is 0 Å². The standard InChI is InChI=1S/C24H35N3/c1-20(2)16-27(18-23-8-6-12-25-15-23)17-22-10-13-26(14-11-22)19-24-9-5-4-7-21(24)3/h4-9,12,15,20,22H,10-11,13-14,16-19H2,1-3H3. The van der Waals surface area contributed by atoms with E-state index in [1.54, 1.807) is 0 Å². The fourth-order valence-electron chi connectivity index (χ4n) is 4.19. The van der Waals surface area contributed by atoms with Crippen molar-refractivity contribution in [3.8, 4) is 0 Å². The van der Waals surface area contributed by atoms with Crippen molar-refractivity contribution in [2.45, 2.75) is 46.7 Å². The van der Waals surface area contributed by atoms with E-state index in [4.69, 9.17) is 0 Å². The van der Waals surface area contributed by atoms with Gasteiger partial charge in [0.2, 0.25) is 0 Å². The molecule has 2 heterocycles. The van der Waals surface area contributed by atoms with Gasteiger partial charge < -0.3 is 0 Å². The minimum atomic E-state index is 0.697. The summed E-state index contributed by atoms with van der Waals surface area (Å²) < 4.78 is 0. The van der Waals surface area contributed by atoms with Crippen molar-refractivity contribution >= 4 is 0 Å². The van der Waals surface area contributed by atoms with Crippen molar-refractivity contribution < 1.29 is 0 Å². The van der Waals surface area contributed by atoms with Gasteiger partial charge in [-0.1, -0.05) is 44.2 Å². The van der Waals surface area contributed by atoms with E-state index in [1.165, 1.54) is 49.2 Å². The molecule has 2 aromatic rings. The molecule has 3 nitrogen and oxygen atoms in total. The maximum absolute atomic E-state index is 4.29. The topological polar surface area (TPSA) is 19.4 Å². The zero-order valence-electron chi connectivity index (χ0n) is 17.3. The number of hydrogen-bond donors (Lipinski definition) is 0. The predicted octanol–water partition coefficient (Wildman–Crippen LogP) is 4.76. The van der Waals surface area contributed by atoms with Crippen LogP contribution in [0, 0.1) is 18.8 Å². The zero-order valence-corrected chi connectivity index (χ0v) is 17.3. The van der Waals surface area contributed by atoms with Crippen LogP contribution in [0.1, 0.15) is 43.4 Å². The average Bonchev–Trinajstić information content (AvgIpc) is 2.65. The maximum atomic E-state index is 4.29. The summed E-state index contributed by atoms with van der Waals surface area (Å²) in [5, 5.41) is 0. The fourth-order valence-corrected chi connectivity index (χ4v) is 4.19. The van der Waals surface area contributed by atoms with Crippen LogP contribution in [0.15, 0.2) is 48.8 Å². The van der Waals surface area contributed by atoms with Gasteiger partial charge in [-0.15, -0.1) is 0 Å². The van der Waals surface area contributed by atoms with Crippen LogP contribution >= 0.6 is 0 Å². The smallest absolute Gasteiger partial charge is 0.0312 e. The number of hydrogen-bond acceptors (Lipinski definition) is 3. The number of likely N-dealkylation sites (tertiary alicyclic amines) is 1. The van der Waals surface area contributed by atoms with Gasteiger partial charge in [-0.3, -0.25) is 14.8 Å². The minimum Gasteiger partial charge on any atom is -0.299 e. The molecule has 1 saturated heterocycles. The molecule has 0 radical (unpaired) electrons. The normalized spacial score (nSPS) is 16.3. The Hall–Kier alpha value is -1.71. The molecular weight excluding hydrogens is 330 g/mol. The van der Waals surface area contributed by atoms with Gasteiger partial charge >= 0.3 is 0 Å². The molecule has 1 aliphatic rings. The largest absolute Gasteiger partial charge is 0.299 e. The van der Waals surface area contributed by atoms with Gasteiger partial charge in [-0.25, -0.2) is 0 Å². The quantitative estimate of drug-likeness (QED) is 0.672. The Morgan fingerprint density at radius 1 is 1.11 bits per heavy atom. The van der Waals surface area contributed by atoms with E-state index in [1.807, 2.05) is 18.5 Å². The van der Waals surface area contributed by atoms with Crippen molar-refractivity contribution in [2.24, 2.45) is 11.8 Å². The Kier molecular flexibility index (Phi) is 7.42. The number of nitrogens with zero attached hydrogens (tertiary/aromatic N) is 3. The number of aromatic nitrogens is 1. The third-order valence-corrected chi connectivity index (χ3v) is 5.63. The van der Waals surface area contributed by atoms with Gasteiger partial charge in [0.25, 0.3) is 0 Å². The first-order chi connectivity index (χ1) is 13.1. The summed E-state index contributed by atoms with van der Waals surface area (Å²) in [6.07, 6.45) is 6.50. The summed E-state index contributed by atoms with van der Waals surface area (Å²) in [7, 11) is 0. The first kappa shape index (κ1) is 20.0. The molecule has 0 spiro atoms. The van der Waals surface area contributed by atoms with Gasteiger partial charge in [0, 0.05) is 38.6 Å². The van der Waals surface area contributed by atoms with Crippen molar-refractivity contribution in [1.29, 1.82) is 0 Å². The Labute approximate surface area is 165 Å². The van der Waals surface area contributed by atoms with E-state index in [0.717, 1.165) is 25.6 Å². The molecule has 0 N–H and O–H groups in total. The SMILES string of the molecule is Cc1ccccc1CN1CCC(CN(Cc2cccnc2)CC(C)C)CC1. The monoisotopic (exact) mass is 365 g/mol. The molecule has 0 aliphatic carbocycles. The second kappa shape index (κ2) is 10.0. The molecule has 0 saturated carbocycles. The minimum absolute atomic E-state index is 0.697. The van der Waals surface area contributed by atoms with Crippen LogP contribution in [-0.4, -0.2) is 41.0 Å². The highest BCUT2D eigenvalue weighted by molar-refractivity contribution is 5.25. The number of piperidine rings is 1. The highest BCUT2D eigenvalue weighted by Crippen LogP contribution is 2.22. The molecular formula is C24H35N3. The average molecular weight is 366 g/mol. The van der Waals surface area contributed by atoms with Crippen LogP contribution in [0.25, 0.3) is 0 Å². The van der Waals surface area contributed by atoms with E-state index in [-0.39, 0.29) is 0 Å². The van der Waals surface area contributed by atoms with Crippen molar-refractivity contribution in [1.82, 2.24) is 14.8 Å². The molecule has 1 aliphatic heterocycles. The summed E-state index contributed by atoms with van der Waals surface area (Å²) in [6, 6.07) is 13.1. The predicted molar refractivity (Wildman–Crippen MR) is 114 cm³/mol. The summed E-state index contributed by atoms with van der Waals surface area (Å²) in [5.74, 6) is 1.51. The fraction of sp³-hybridized carbons (Fsp3) is 0.542. The summed E-state index contributed by atoms with van der Waals surface area (Å²) in [6.45, 7) is 13.8. The molecule has 0 atom stereocenters. The molecule has 1 fully saturated rings. The highest BCUT2D eigenvalue weighted by Gasteiger charge is 2.22. The highest BCUT2D eigenvalue weighted by atomic mass is 15.1. The number of aryl methyl sites for hydroxylation is 1. The summed E-state index contributed by atoms with van der Waals surface area (Å²) in [4.78, 5) is 9.56. The summed E-state index contributed by atoms with van der Waals surface area (Å²) in [5.41, 5.74) is 4.23.